The normalized spacial score (nSPS) is 22.6. The fourth-order valence-electron chi connectivity index (χ4n) is 3.65. The monoisotopic (exact) mass is 444 g/mol. The molecule has 2 atom stereocenters. The summed E-state index contributed by atoms with van der Waals surface area (Å²) in [7, 11) is -2.48. The highest BCUT2D eigenvalue weighted by atomic mass is 32.2. The maximum absolute atomic E-state index is 13.5. The number of ether oxygens (including phenoxy) is 1. The summed E-state index contributed by atoms with van der Waals surface area (Å²) in [5.41, 5.74) is -1.00. The van der Waals surface area contributed by atoms with E-state index in [9.17, 15) is 26.4 Å². The lowest BCUT2D eigenvalue weighted by molar-refractivity contribution is 0.101. The Morgan fingerprint density at radius 3 is 2.83 bits per heavy atom. The molecule has 1 saturated heterocycles. The third kappa shape index (κ3) is 3.66. The second-order valence-electron chi connectivity index (χ2n) is 7.23. The van der Waals surface area contributed by atoms with Gasteiger partial charge in [-0.3, -0.25) is 4.79 Å². The van der Waals surface area contributed by atoms with E-state index < -0.39 is 33.7 Å². The van der Waals surface area contributed by atoms with Crippen molar-refractivity contribution in [3.8, 4) is 5.75 Å². The van der Waals surface area contributed by atoms with E-state index in [1.807, 2.05) is 0 Å². The predicted molar refractivity (Wildman–Crippen MR) is 101 cm³/mol. The Morgan fingerprint density at radius 1 is 1.33 bits per heavy atom. The lowest BCUT2D eigenvalue weighted by Crippen LogP contribution is -2.43. The number of carbonyl (C=O) groups is 1. The number of aryl methyl sites for hydroxylation is 1. The molecule has 2 aromatic rings. The molecule has 3 N–H and O–H groups in total. The molecule has 4 rings (SSSR count). The van der Waals surface area contributed by atoms with E-state index in [2.05, 4.69) is 15.4 Å². The zero-order valence-corrected chi connectivity index (χ0v) is 16.6. The number of anilines is 1. The molecule has 3 heterocycles. The van der Waals surface area contributed by atoms with Crippen molar-refractivity contribution < 1.29 is 31.1 Å². The first-order valence-corrected chi connectivity index (χ1v) is 10.6. The molecule has 8 nitrogen and oxygen atoms in total. The highest BCUT2D eigenvalue weighted by molar-refractivity contribution is 7.89. The van der Waals surface area contributed by atoms with Gasteiger partial charge in [0.05, 0.1) is 12.2 Å². The Morgan fingerprint density at radius 2 is 2.10 bits per heavy atom. The van der Waals surface area contributed by atoms with Crippen molar-refractivity contribution in [2.45, 2.75) is 17.4 Å². The van der Waals surface area contributed by atoms with Gasteiger partial charge in [-0.15, -0.1) is 0 Å². The molecule has 0 bridgehead atoms. The molecule has 0 spiro atoms. The summed E-state index contributed by atoms with van der Waals surface area (Å²) in [6.07, 6.45) is -1.80. The lowest BCUT2D eigenvalue weighted by atomic mass is 10.1. The molecule has 0 aliphatic carbocycles. The number of nitrogens with one attached hydrogen (secondary N) is 3. The van der Waals surface area contributed by atoms with Gasteiger partial charge in [-0.2, -0.15) is 0 Å². The maximum Gasteiger partial charge on any atom is 0.276 e. The molecular formula is C18H19F3N4O4S. The Labute approximate surface area is 170 Å². The Bertz CT molecular complexity index is 1100. The summed E-state index contributed by atoms with van der Waals surface area (Å²) in [4.78, 5) is 12.7. The molecule has 0 saturated carbocycles. The highest BCUT2D eigenvalue weighted by Crippen LogP contribution is 2.34. The summed E-state index contributed by atoms with van der Waals surface area (Å²) in [5.74, 6) is -2.10. The summed E-state index contributed by atoms with van der Waals surface area (Å²) in [6.45, 7) is 1.21. The number of carbonyl (C=O) groups excluding carboxylic acids is 1. The summed E-state index contributed by atoms with van der Waals surface area (Å²) in [5, 5.41) is 5.49. The van der Waals surface area contributed by atoms with Gasteiger partial charge in [-0.05, 0) is 18.2 Å². The minimum absolute atomic E-state index is 0.0569. The summed E-state index contributed by atoms with van der Waals surface area (Å²) >= 11 is 0. The van der Waals surface area contributed by atoms with E-state index in [0.717, 1.165) is 18.2 Å². The van der Waals surface area contributed by atoms with Gasteiger partial charge in [0.2, 0.25) is 10.0 Å². The molecule has 162 valence electrons. The first-order chi connectivity index (χ1) is 14.2. The second kappa shape index (κ2) is 7.60. The van der Waals surface area contributed by atoms with Crippen molar-refractivity contribution in [2.75, 3.05) is 25.0 Å². The number of amides is 1. The molecule has 12 heteroatoms. The number of hydrogen-bond donors (Lipinski definition) is 3. The van der Waals surface area contributed by atoms with Crippen molar-refractivity contribution in [1.29, 1.82) is 0 Å². The molecule has 2 aliphatic heterocycles. The first-order valence-electron chi connectivity index (χ1n) is 9.11. The van der Waals surface area contributed by atoms with Crippen LogP contribution in [0.15, 0.2) is 29.3 Å². The Balaban J connectivity index is 1.68. The molecule has 2 aliphatic rings. The van der Waals surface area contributed by atoms with Crippen molar-refractivity contribution >= 4 is 21.6 Å². The van der Waals surface area contributed by atoms with E-state index in [4.69, 9.17) is 4.74 Å². The predicted octanol–water partition coefficient (Wildman–Crippen LogP) is 1.61. The number of fused-ring (bicyclic) bond motifs is 2. The zero-order chi connectivity index (χ0) is 21.6. The van der Waals surface area contributed by atoms with Gasteiger partial charge in [0, 0.05) is 44.0 Å². The van der Waals surface area contributed by atoms with Gasteiger partial charge < -0.3 is 19.9 Å². The number of rotatable bonds is 3. The fraction of sp³-hybridized carbons (Fsp3) is 0.389. The van der Waals surface area contributed by atoms with Crippen LogP contribution in [-0.4, -0.2) is 44.6 Å². The highest BCUT2D eigenvalue weighted by Gasteiger charge is 2.38. The van der Waals surface area contributed by atoms with Crippen molar-refractivity contribution in [3.63, 3.8) is 0 Å². The maximum atomic E-state index is 13.5. The molecule has 1 amide bonds. The van der Waals surface area contributed by atoms with Crippen LogP contribution in [0, 0.1) is 11.7 Å². The van der Waals surface area contributed by atoms with Gasteiger partial charge in [0.15, 0.2) is 11.4 Å². The van der Waals surface area contributed by atoms with Gasteiger partial charge in [-0.1, -0.05) is 0 Å². The van der Waals surface area contributed by atoms with Crippen molar-refractivity contribution in [1.82, 2.24) is 14.6 Å². The molecular weight excluding hydrogens is 425 g/mol. The minimum Gasteiger partial charge on any atom is -0.489 e. The van der Waals surface area contributed by atoms with Crippen LogP contribution in [0.3, 0.4) is 0 Å². The SMILES string of the molecule is Cn1cc2c(c1C(=O)Nc1ccc(F)c(C(F)F)c1)OC[C@@H]1CNCC1NS2(=O)=O. The molecule has 1 aromatic heterocycles. The number of hydrogen-bond acceptors (Lipinski definition) is 5. The number of halogens is 3. The lowest BCUT2D eigenvalue weighted by Gasteiger charge is -2.24. The molecule has 1 fully saturated rings. The number of aromatic nitrogens is 1. The number of sulfonamides is 1. The van der Waals surface area contributed by atoms with Crippen LogP contribution >= 0.6 is 0 Å². The topological polar surface area (TPSA) is 101 Å². The number of nitrogens with zero attached hydrogens (tertiary/aromatic N) is 1. The summed E-state index contributed by atoms with van der Waals surface area (Å²) in [6, 6.07) is 2.47. The second-order valence-corrected chi connectivity index (χ2v) is 8.91. The minimum atomic E-state index is -3.95. The molecule has 0 radical (unpaired) electrons. The Kier molecular flexibility index (Phi) is 5.24. The van der Waals surface area contributed by atoms with Crippen LogP contribution in [0.2, 0.25) is 0 Å². The van der Waals surface area contributed by atoms with Gasteiger partial charge in [-0.25, -0.2) is 26.3 Å². The van der Waals surface area contributed by atoms with Crippen LogP contribution in [0.5, 0.6) is 5.75 Å². The average molecular weight is 444 g/mol. The van der Waals surface area contributed by atoms with Crippen LogP contribution in [0.1, 0.15) is 22.5 Å². The molecule has 1 unspecified atom stereocenters. The van der Waals surface area contributed by atoms with E-state index in [-0.39, 0.29) is 40.6 Å². The quantitative estimate of drug-likeness (QED) is 0.668. The van der Waals surface area contributed by atoms with Crippen LogP contribution < -0.4 is 20.1 Å². The van der Waals surface area contributed by atoms with E-state index in [1.165, 1.54) is 17.8 Å². The van der Waals surface area contributed by atoms with E-state index in [0.29, 0.717) is 13.1 Å². The number of alkyl halides is 2. The molecule has 1 aromatic carbocycles. The zero-order valence-electron chi connectivity index (χ0n) is 15.8. The van der Waals surface area contributed by atoms with E-state index >= 15 is 0 Å². The number of benzene rings is 1. The van der Waals surface area contributed by atoms with Crippen LogP contribution in [-0.2, 0) is 17.1 Å². The van der Waals surface area contributed by atoms with Crippen molar-refractivity contribution in [2.24, 2.45) is 13.0 Å². The van der Waals surface area contributed by atoms with Gasteiger partial charge in [0.25, 0.3) is 12.3 Å². The average Bonchev–Trinajstić information content (AvgIpc) is 3.23. The first kappa shape index (κ1) is 20.7. The van der Waals surface area contributed by atoms with Gasteiger partial charge in [0.1, 0.15) is 10.7 Å². The third-order valence-electron chi connectivity index (χ3n) is 5.18. The van der Waals surface area contributed by atoms with Gasteiger partial charge >= 0.3 is 0 Å². The fourth-order valence-corrected chi connectivity index (χ4v) is 5.15. The largest absolute Gasteiger partial charge is 0.489 e. The van der Waals surface area contributed by atoms with Crippen LogP contribution in [0.25, 0.3) is 0 Å². The van der Waals surface area contributed by atoms with Crippen molar-refractivity contribution in [3.05, 3.63) is 41.5 Å². The smallest absolute Gasteiger partial charge is 0.276 e. The van der Waals surface area contributed by atoms with Crippen LogP contribution in [0.4, 0.5) is 18.9 Å². The third-order valence-corrected chi connectivity index (χ3v) is 6.67. The molecule has 30 heavy (non-hydrogen) atoms. The Hall–Kier alpha value is -2.57. The van der Waals surface area contributed by atoms with E-state index in [1.54, 1.807) is 0 Å². The standard InChI is InChI=1S/C18H19F3N4O4S/c1-25-7-14-16(29-8-9-5-22-6-13(9)24-30(14,27)28)15(25)18(26)23-10-2-3-12(19)11(4-10)17(20)21/h2-4,7,9,13,17,22,24H,5-6,8H2,1H3,(H,23,26)/t9-,13?/m0/s1. The summed E-state index contributed by atoms with van der Waals surface area (Å²) < 4.78 is 74.6.